The molecule has 0 N–H and O–H groups in total. The van der Waals surface area contributed by atoms with Crippen LogP contribution in [0.3, 0.4) is 0 Å². The van der Waals surface area contributed by atoms with Crippen LogP contribution < -0.4 is 4.74 Å². The second-order valence-electron chi connectivity index (χ2n) is 4.36. The van der Waals surface area contributed by atoms with Gasteiger partial charge in [0.05, 0.1) is 10.5 Å². The fraction of sp³-hybridized carbons (Fsp3) is 0.133. The molecule has 0 amide bonds. The Labute approximate surface area is 116 Å². The van der Waals surface area contributed by atoms with Crippen LogP contribution in [0.2, 0.25) is 0 Å². The predicted octanol–water partition coefficient (Wildman–Crippen LogP) is 3.90. The van der Waals surface area contributed by atoms with Crippen LogP contribution in [0, 0.1) is 17.0 Å². The monoisotopic (exact) mass is 271 g/mol. The number of carbonyl (C=O) groups excluding carboxylic acids is 1. The van der Waals surface area contributed by atoms with E-state index >= 15 is 0 Å². The van der Waals surface area contributed by atoms with Gasteiger partial charge in [0, 0.05) is 6.07 Å². The minimum atomic E-state index is -0.575. The van der Waals surface area contributed by atoms with Crippen molar-refractivity contribution < 1.29 is 14.5 Å². The molecule has 102 valence electrons. The Morgan fingerprint density at radius 2 is 1.90 bits per heavy atom. The van der Waals surface area contributed by atoms with Crippen molar-refractivity contribution in [2.45, 2.75) is 13.8 Å². The van der Waals surface area contributed by atoms with Crippen LogP contribution >= 0.6 is 0 Å². The maximum Gasteiger partial charge on any atom is 0.280 e. The first-order valence-electron chi connectivity index (χ1n) is 6.02. The average molecular weight is 271 g/mol. The van der Waals surface area contributed by atoms with Gasteiger partial charge in [-0.25, -0.2) is 0 Å². The molecule has 2 rings (SSSR count). The molecule has 0 saturated carbocycles. The van der Waals surface area contributed by atoms with Crippen molar-refractivity contribution in [2.24, 2.45) is 0 Å². The van der Waals surface area contributed by atoms with Crippen molar-refractivity contribution in [2.75, 3.05) is 0 Å². The van der Waals surface area contributed by atoms with Gasteiger partial charge in [0.15, 0.2) is 5.78 Å². The van der Waals surface area contributed by atoms with Gasteiger partial charge in [-0.3, -0.25) is 14.9 Å². The number of benzene rings is 2. The molecule has 0 atom stereocenters. The van der Waals surface area contributed by atoms with Gasteiger partial charge in [-0.15, -0.1) is 0 Å². The van der Waals surface area contributed by atoms with Crippen LogP contribution in [0.4, 0.5) is 5.69 Å². The minimum absolute atomic E-state index is 0.0427. The molecule has 0 aliphatic carbocycles. The van der Waals surface area contributed by atoms with Crippen LogP contribution in [-0.4, -0.2) is 10.7 Å². The highest BCUT2D eigenvalue weighted by Crippen LogP contribution is 2.29. The maximum absolute atomic E-state index is 11.5. The van der Waals surface area contributed by atoms with E-state index in [0.29, 0.717) is 11.5 Å². The standard InChI is InChI=1S/C15H13NO4/c1-10-5-3-4-6-15(10)20-12-7-8-14(16(18)19)13(9-12)11(2)17/h3-9H,1-2H3. The van der Waals surface area contributed by atoms with E-state index in [1.165, 1.54) is 25.1 Å². The molecule has 2 aromatic rings. The molecule has 0 aliphatic heterocycles. The molecule has 5 nitrogen and oxygen atoms in total. The predicted molar refractivity (Wildman–Crippen MR) is 74.4 cm³/mol. The Kier molecular flexibility index (Phi) is 3.79. The number of aryl methyl sites for hydroxylation is 1. The largest absolute Gasteiger partial charge is 0.457 e. The lowest BCUT2D eigenvalue weighted by atomic mass is 10.1. The van der Waals surface area contributed by atoms with E-state index in [1.807, 2.05) is 25.1 Å². The van der Waals surface area contributed by atoms with Gasteiger partial charge in [-0.2, -0.15) is 0 Å². The third-order valence-electron chi connectivity index (χ3n) is 2.87. The number of nitro groups is 1. The molecule has 0 spiro atoms. The van der Waals surface area contributed by atoms with E-state index in [0.717, 1.165) is 5.56 Å². The summed E-state index contributed by atoms with van der Waals surface area (Å²) in [6.45, 7) is 3.19. The number of ketones is 1. The molecule has 20 heavy (non-hydrogen) atoms. The normalized spacial score (nSPS) is 10.1. The maximum atomic E-state index is 11.5. The van der Waals surface area contributed by atoms with Gasteiger partial charge in [0.25, 0.3) is 5.69 Å². The SMILES string of the molecule is CC(=O)c1cc(Oc2ccccc2C)ccc1[N+](=O)[O-]. The third kappa shape index (κ3) is 2.83. The molecule has 0 unspecified atom stereocenters. The lowest BCUT2D eigenvalue weighted by Gasteiger charge is -2.09. The topological polar surface area (TPSA) is 69.4 Å². The molecule has 2 aromatic carbocycles. The molecule has 0 aromatic heterocycles. The summed E-state index contributed by atoms with van der Waals surface area (Å²) in [6, 6.07) is 11.6. The summed E-state index contributed by atoms with van der Waals surface area (Å²) in [6.07, 6.45) is 0. The number of nitrogens with zero attached hydrogens (tertiary/aromatic N) is 1. The number of hydrogen-bond donors (Lipinski definition) is 0. The zero-order valence-corrected chi connectivity index (χ0v) is 11.1. The van der Waals surface area contributed by atoms with Gasteiger partial charge >= 0.3 is 0 Å². The van der Waals surface area contributed by atoms with Crippen molar-refractivity contribution in [3.63, 3.8) is 0 Å². The van der Waals surface area contributed by atoms with Crippen LogP contribution in [0.5, 0.6) is 11.5 Å². The van der Waals surface area contributed by atoms with Gasteiger partial charge < -0.3 is 4.74 Å². The van der Waals surface area contributed by atoms with Crippen molar-refractivity contribution >= 4 is 11.5 Å². The second kappa shape index (κ2) is 5.52. The Morgan fingerprint density at radius 1 is 1.20 bits per heavy atom. The Morgan fingerprint density at radius 3 is 2.50 bits per heavy atom. The fourth-order valence-corrected chi connectivity index (χ4v) is 1.82. The Balaban J connectivity index is 2.40. The molecule has 0 bridgehead atoms. The molecule has 0 fully saturated rings. The molecular weight excluding hydrogens is 258 g/mol. The lowest BCUT2D eigenvalue weighted by Crippen LogP contribution is -2.00. The van der Waals surface area contributed by atoms with Crippen molar-refractivity contribution in [3.05, 3.63) is 63.7 Å². The summed E-state index contributed by atoms with van der Waals surface area (Å²) in [7, 11) is 0. The van der Waals surface area contributed by atoms with Gasteiger partial charge in [-0.05, 0) is 37.6 Å². The van der Waals surface area contributed by atoms with E-state index in [4.69, 9.17) is 4.74 Å². The summed E-state index contributed by atoms with van der Waals surface area (Å²) in [5, 5.41) is 10.9. The third-order valence-corrected chi connectivity index (χ3v) is 2.87. The first-order chi connectivity index (χ1) is 9.49. The number of nitro benzene ring substituents is 1. The lowest BCUT2D eigenvalue weighted by molar-refractivity contribution is -0.385. The molecule has 0 saturated heterocycles. The van der Waals surface area contributed by atoms with E-state index in [1.54, 1.807) is 6.07 Å². The van der Waals surface area contributed by atoms with Crippen LogP contribution in [0.15, 0.2) is 42.5 Å². The molecule has 0 heterocycles. The van der Waals surface area contributed by atoms with E-state index < -0.39 is 4.92 Å². The van der Waals surface area contributed by atoms with Crippen LogP contribution in [0.25, 0.3) is 0 Å². The molecular formula is C15H13NO4. The average Bonchev–Trinajstić information content (AvgIpc) is 2.41. The minimum Gasteiger partial charge on any atom is -0.457 e. The first-order valence-corrected chi connectivity index (χ1v) is 6.02. The van der Waals surface area contributed by atoms with Crippen molar-refractivity contribution in [1.29, 1.82) is 0 Å². The van der Waals surface area contributed by atoms with E-state index in [9.17, 15) is 14.9 Å². The quantitative estimate of drug-likeness (QED) is 0.480. The van der Waals surface area contributed by atoms with E-state index in [-0.39, 0.29) is 17.0 Å². The summed E-state index contributed by atoms with van der Waals surface area (Å²) in [4.78, 5) is 21.8. The van der Waals surface area contributed by atoms with Crippen LogP contribution in [0.1, 0.15) is 22.8 Å². The Hall–Kier alpha value is -2.69. The van der Waals surface area contributed by atoms with Crippen molar-refractivity contribution in [1.82, 2.24) is 0 Å². The second-order valence-corrected chi connectivity index (χ2v) is 4.36. The summed E-state index contributed by atoms with van der Waals surface area (Å²) >= 11 is 0. The molecule has 5 heteroatoms. The number of rotatable bonds is 4. The van der Waals surface area contributed by atoms with Gasteiger partial charge in [0.1, 0.15) is 11.5 Å². The Bertz CT molecular complexity index is 679. The highest BCUT2D eigenvalue weighted by atomic mass is 16.6. The number of ether oxygens (including phenoxy) is 1. The number of Topliss-reactive ketones (excluding diaryl/α,β-unsaturated/α-hetero) is 1. The van der Waals surface area contributed by atoms with E-state index in [2.05, 4.69) is 0 Å². The number of para-hydroxylation sites is 1. The summed E-state index contributed by atoms with van der Waals surface area (Å²) < 4.78 is 5.66. The molecule has 0 radical (unpaired) electrons. The highest BCUT2D eigenvalue weighted by Gasteiger charge is 2.18. The first kappa shape index (κ1) is 13.7. The van der Waals surface area contributed by atoms with Crippen LogP contribution in [-0.2, 0) is 0 Å². The molecule has 0 aliphatic rings. The highest BCUT2D eigenvalue weighted by molar-refractivity contribution is 5.98. The summed E-state index contributed by atoms with van der Waals surface area (Å²) in [5.41, 5.74) is 0.769. The zero-order valence-electron chi connectivity index (χ0n) is 11.1. The van der Waals surface area contributed by atoms with Gasteiger partial charge in [0.2, 0.25) is 0 Å². The van der Waals surface area contributed by atoms with Gasteiger partial charge in [-0.1, -0.05) is 18.2 Å². The number of hydrogen-bond acceptors (Lipinski definition) is 4. The fourth-order valence-electron chi connectivity index (χ4n) is 1.82. The zero-order chi connectivity index (χ0) is 14.7. The smallest absolute Gasteiger partial charge is 0.280 e. The van der Waals surface area contributed by atoms with Crippen molar-refractivity contribution in [3.8, 4) is 11.5 Å². The summed E-state index contributed by atoms with van der Waals surface area (Å²) in [5.74, 6) is 0.679. The number of carbonyl (C=O) groups is 1.